The van der Waals surface area contributed by atoms with Crippen LogP contribution in [0.3, 0.4) is 0 Å². The number of amidine groups is 1. The molecule has 1 aliphatic heterocycles. The number of rotatable bonds is 2. The van der Waals surface area contributed by atoms with Crippen LogP contribution in [0.15, 0.2) is 0 Å². The maximum absolute atomic E-state index is 10.7. The monoisotopic (exact) mass is 306 g/mol. The molecule has 0 unspecified atom stereocenters. The van der Waals surface area contributed by atoms with Crippen molar-refractivity contribution in [1.82, 2.24) is 4.90 Å². The van der Waals surface area contributed by atoms with Gasteiger partial charge in [0.1, 0.15) is 13.1 Å². The van der Waals surface area contributed by atoms with Crippen molar-refractivity contribution in [3.05, 3.63) is 0 Å². The molecule has 106 valence electrons. The molecule has 0 aromatic carbocycles. The van der Waals surface area contributed by atoms with Gasteiger partial charge in [-0.25, -0.2) is 9.48 Å². The Morgan fingerprint density at radius 2 is 1.59 bits per heavy atom. The second kappa shape index (κ2) is 4.46. The molecule has 0 atom stereocenters. The maximum atomic E-state index is 9.87. The Bertz CT molecular complexity index is 299. The van der Waals surface area contributed by atoms with Gasteiger partial charge in [-0.1, -0.05) is 0 Å². The van der Waals surface area contributed by atoms with Gasteiger partial charge in [0.25, 0.3) is 0 Å². The van der Waals surface area contributed by atoms with Crippen LogP contribution in [-0.2, 0) is 0 Å². The molecule has 0 saturated heterocycles. The summed E-state index contributed by atoms with van der Waals surface area (Å²) in [7, 11) is -10.7. The topological polar surface area (TPSA) is 6.25 Å². The van der Waals surface area contributed by atoms with E-state index in [2.05, 4.69) is 23.3 Å². The third-order valence-corrected chi connectivity index (χ3v) is 2.40. The van der Waals surface area contributed by atoms with E-state index in [4.69, 9.17) is 11.6 Å². The summed E-state index contributed by atoms with van der Waals surface area (Å²) >= 11 is 6.01. The van der Waals surface area contributed by atoms with Gasteiger partial charge in [0.05, 0.1) is 13.1 Å². The first-order valence-corrected chi connectivity index (χ1v) is 7.24. The summed E-state index contributed by atoms with van der Waals surface area (Å²) in [4.78, 5) is 2.19. The Morgan fingerprint density at radius 3 is 1.76 bits per heavy atom. The Balaban J connectivity index is 0.000000325. The predicted octanol–water partition coefficient (Wildman–Crippen LogP) is 4.33. The fourth-order valence-electron chi connectivity index (χ4n) is 1.20. The molecule has 0 spiro atoms. The van der Waals surface area contributed by atoms with E-state index in [9.17, 15) is 25.2 Å². The van der Waals surface area contributed by atoms with Crippen LogP contribution in [0.5, 0.6) is 0 Å². The van der Waals surface area contributed by atoms with Gasteiger partial charge in [0, 0.05) is 11.6 Å². The summed E-state index contributed by atoms with van der Waals surface area (Å²) in [5, 5.41) is 0.921. The summed E-state index contributed by atoms with van der Waals surface area (Å²) in [5.41, 5.74) is 0. The molecule has 2 nitrogen and oxygen atoms in total. The van der Waals surface area contributed by atoms with Gasteiger partial charge < -0.3 is 0 Å². The molecule has 0 saturated carbocycles. The average molecular weight is 307 g/mol. The van der Waals surface area contributed by atoms with Crippen molar-refractivity contribution in [3.63, 3.8) is 0 Å². The van der Waals surface area contributed by atoms with Crippen molar-refractivity contribution in [2.45, 2.75) is 13.8 Å². The van der Waals surface area contributed by atoms with Crippen LogP contribution in [0, 0.1) is 0 Å². The van der Waals surface area contributed by atoms with Crippen molar-refractivity contribution < 1.29 is 29.8 Å². The van der Waals surface area contributed by atoms with Crippen LogP contribution in [-0.4, -0.2) is 40.9 Å². The van der Waals surface area contributed by atoms with Crippen LogP contribution in [0.25, 0.3) is 0 Å². The second-order valence-electron chi connectivity index (χ2n) is 3.39. The summed E-state index contributed by atoms with van der Waals surface area (Å²) < 4.78 is 61.4. The zero-order chi connectivity index (χ0) is 14.0. The summed E-state index contributed by atoms with van der Waals surface area (Å²) in [6, 6.07) is 0. The molecule has 1 rings (SSSR count). The first-order chi connectivity index (χ1) is 7.24. The zero-order valence-electron chi connectivity index (χ0n) is 9.32. The van der Waals surface area contributed by atoms with E-state index in [1.165, 1.54) is 0 Å². The van der Waals surface area contributed by atoms with Crippen LogP contribution in [0.4, 0.5) is 25.2 Å². The minimum absolute atomic E-state index is 0.921. The van der Waals surface area contributed by atoms with Crippen molar-refractivity contribution in [2.24, 2.45) is 0 Å². The quantitative estimate of drug-likeness (QED) is 0.318. The fraction of sp³-hybridized carbons (Fsp3) is 0.857. The van der Waals surface area contributed by atoms with E-state index in [0.717, 1.165) is 31.5 Å². The minimum atomic E-state index is -10.7. The molecule has 0 bridgehead atoms. The van der Waals surface area contributed by atoms with Crippen molar-refractivity contribution in [2.75, 3.05) is 26.2 Å². The molecular formula is C7H14ClF6N2P. The van der Waals surface area contributed by atoms with E-state index in [-0.39, 0.29) is 0 Å². The standard InChI is InChI=1S/C7H14ClN2.F6P/c1-3-9-5-6-10(4-2)7(9)8;1-7(2,3,4,5)6/h3-6H2,1-2H3;/q+1;-1. The van der Waals surface area contributed by atoms with E-state index in [1.54, 1.807) is 0 Å². The molecule has 0 aliphatic carbocycles. The van der Waals surface area contributed by atoms with E-state index in [0.29, 0.717) is 0 Å². The fourth-order valence-corrected chi connectivity index (χ4v) is 1.61. The molecule has 0 aromatic rings. The molecule has 0 radical (unpaired) electrons. The molecule has 10 heteroatoms. The van der Waals surface area contributed by atoms with Crippen molar-refractivity contribution >= 4 is 24.7 Å². The molecule has 0 fully saturated rings. The van der Waals surface area contributed by atoms with E-state index >= 15 is 0 Å². The summed E-state index contributed by atoms with van der Waals surface area (Å²) in [5.74, 6) is 0. The van der Waals surface area contributed by atoms with Crippen LogP contribution < -0.4 is 0 Å². The third kappa shape index (κ3) is 10.6. The Morgan fingerprint density at radius 1 is 1.18 bits per heavy atom. The van der Waals surface area contributed by atoms with E-state index in [1.807, 2.05) is 0 Å². The molecule has 1 heterocycles. The number of likely N-dealkylation sites (N-methyl/N-ethyl adjacent to an activating group) is 2. The predicted molar refractivity (Wildman–Crippen MR) is 57.3 cm³/mol. The van der Waals surface area contributed by atoms with Gasteiger partial charge in [0.2, 0.25) is 0 Å². The number of nitrogens with zero attached hydrogens (tertiary/aromatic N) is 2. The van der Waals surface area contributed by atoms with Crippen LogP contribution in [0.1, 0.15) is 13.8 Å². The van der Waals surface area contributed by atoms with Gasteiger partial charge in [-0.05, 0) is 13.8 Å². The van der Waals surface area contributed by atoms with Gasteiger partial charge >= 0.3 is 38.3 Å². The summed E-state index contributed by atoms with van der Waals surface area (Å²) in [6.07, 6.45) is 0. The second-order valence-corrected chi connectivity index (χ2v) is 5.64. The van der Waals surface area contributed by atoms with Gasteiger partial charge in [-0.2, -0.15) is 0 Å². The van der Waals surface area contributed by atoms with Gasteiger partial charge in [-0.3, -0.25) is 0 Å². The zero-order valence-corrected chi connectivity index (χ0v) is 11.0. The van der Waals surface area contributed by atoms with Crippen molar-refractivity contribution in [1.29, 1.82) is 0 Å². The number of halogens is 7. The van der Waals surface area contributed by atoms with Crippen molar-refractivity contribution in [3.8, 4) is 0 Å². The Labute approximate surface area is 100 Å². The summed E-state index contributed by atoms with van der Waals surface area (Å²) in [6.45, 7) is 8.47. The molecule has 0 amide bonds. The van der Waals surface area contributed by atoms with Crippen LogP contribution >= 0.6 is 19.4 Å². The Hall–Kier alpha value is -0.230. The average Bonchev–Trinajstić information content (AvgIpc) is 2.40. The number of hydrogen-bond donors (Lipinski definition) is 0. The molecular weight excluding hydrogens is 293 g/mol. The SMILES string of the molecule is CCN1CC[N+](CC)=C1Cl.F[P-](F)(F)(F)(F)F. The van der Waals surface area contributed by atoms with Gasteiger partial charge in [0.15, 0.2) is 0 Å². The molecule has 1 aliphatic rings. The van der Waals surface area contributed by atoms with Gasteiger partial charge in [-0.15, -0.1) is 0 Å². The van der Waals surface area contributed by atoms with Crippen LogP contribution in [0.2, 0.25) is 0 Å². The molecule has 17 heavy (non-hydrogen) atoms. The number of hydrogen-bond acceptors (Lipinski definition) is 1. The first kappa shape index (κ1) is 16.8. The normalized spacial score (nSPS) is 20.6. The Kier molecular flexibility index (Phi) is 4.40. The molecule has 0 N–H and O–H groups in total. The molecule has 0 aromatic heterocycles. The first-order valence-electron chi connectivity index (χ1n) is 4.83. The third-order valence-electron chi connectivity index (χ3n) is 1.93. The van der Waals surface area contributed by atoms with E-state index < -0.39 is 7.81 Å².